The van der Waals surface area contributed by atoms with E-state index >= 15 is 0 Å². The summed E-state index contributed by atoms with van der Waals surface area (Å²) in [6.45, 7) is 2.82. The molecule has 0 saturated carbocycles. The Labute approximate surface area is 213 Å². The number of hydrogen-bond acceptors (Lipinski definition) is 7. The minimum Gasteiger partial charge on any atom is -0.497 e. The molecule has 3 rings (SSSR count). The zero-order valence-electron chi connectivity index (χ0n) is 20.7. The van der Waals surface area contributed by atoms with Gasteiger partial charge in [-0.05, 0) is 56.2 Å². The van der Waals surface area contributed by atoms with Crippen molar-refractivity contribution in [1.82, 2.24) is 9.62 Å². The van der Waals surface area contributed by atoms with Crippen LogP contribution in [0.4, 0.5) is 5.69 Å². The molecule has 1 fully saturated rings. The van der Waals surface area contributed by atoms with E-state index in [-0.39, 0.29) is 18.0 Å². The van der Waals surface area contributed by atoms with E-state index in [0.717, 1.165) is 29.8 Å². The summed E-state index contributed by atoms with van der Waals surface area (Å²) < 4.78 is 63.7. The van der Waals surface area contributed by atoms with Crippen LogP contribution in [0.5, 0.6) is 11.5 Å². The monoisotopic (exact) mass is 539 g/mol. The van der Waals surface area contributed by atoms with Crippen LogP contribution < -0.4 is 19.1 Å². The van der Waals surface area contributed by atoms with Crippen molar-refractivity contribution in [3.8, 4) is 11.5 Å². The fourth-order valence-corrected chi connectivity index (χ4v) is 6.69. The number of ether oxygens (including phenoxy) is 2. The van der Waals surface area contributed by atoms with Crippen LogP contribution >= 0.6 is 0 Å². The standard InChI is InChI=1S/C24H33N3O7S2/c1-19(27(35(3,29)30)20-8-7-9-22(18-20)33-2)24(28)25-14-17-34-21-10-12-23(13-11-21)36(31,32)26-15-5-4-6-16-26/h7-13,18-19H,4-6,14-17H2,1-3H3,(H,25,28)/t19-/m0/s1. The van der Waals surface area contributed by atoms with Gasteiger partial charge in [-0.15, -0.1) is 0 Å². The fraction of sp³-hybridized carbons (Fsp3) is 0.458. The van der Waals surface area contributed by atoms with E-state index in [9.17, 15) is 21.6 Å². The van der Waals surface area contributed by atoms with E-state index in [1.807, 2.05) is 0 Å². The Morgan fingerprint density at radius 1 is 1.03 bits per heavy atom. The van der Waals surface area contributed by atoms with Crippen molar-refractivity contribution in [2.24, 2.45) is 0 Å². The topological polar surface area (TPSA) is 122 Å². The van der Waals surface area contributed by atoms with Crippen LogP contribution in [0, 0.1) is 0 Å². The first-order valence-electron chi connectivity index (χ1n) is 11.7. The van der Waals surface area contributed by atoms with Gasteiger partial charge in [-0.25, -0.2) is 16.8 Å². The number of methoxy groups -OCH3 is 1. The molecule has 0 aliphatic carbocycles. The Morgan fingerprint density at radius 2 is 1.69 bits per heavy atom. The molecular weight excluding hydrogens is 506 g/mol. The van der Waals surface area contributed by atoms with Gasteiger partial charge in [0.2, 0.25) is 26.0 Å². The summed E-state index contributed by atoms with van der Waals surface area (Å²) in [5.74, 6) is 0.441. The van der Waals surface area contributed by atoms with Crippen LogP contribution in [-0.4, -0.2) is 72.7 Å². The fourth-order valence-electron chi connectivity index (χ4n) is 4.01. The molecule has 12 heteroatoms. The SMILES string of the molecule is COc1cccc(N([C@@H](C)C(=O)NCCOc2ccc(S(=O)(=O)N3CCCCC3)cc2)S(C)(=O)=O)c1. The lowest BCUT2D eigenvalue weighted by Crippen LogP contribution is -2.48. The summed E-state index contributed by atoms with van der Waals surface area (Å²) in [5.41, 5.74) is 0.315. The van der Waals surface area contributed by atoms with Crippen molar-refractivity contribution < 1.29 is 31.1 Å². The first-order chi connectivity index (χ1) is 17.0. The molecule has 1 atom stereocenters. The number of nitrogens with one attached hydrogen (secondary N) is 1. The van der Waals surface area contributed by atoms with Gasteiger partial charge in [-0.1, -0.05) is 12.5 Å². The van der Waals surface area contributed by atoms with Crippen LogP contribution in [0.15, 0.2) is 53.4 Å². The smallest absolute Gasteiger partial charge is 0.243 e. The molecule has 1 aliphatic rings. The van der Waals surface area contributed by atoms with Crippen molar-refractivity contribution >= 4 is 31.6 Å². The van der Waals surface area contributed by atoms with Gasteiger partial charge in [0.25, 0.3) is 0 Å². The molecule has 1 heterocycles. The Bertz CT molecular complexity index is 1240. The maximum Gasteiger partial charge on any atom is 0.243 e. The van der Waals surface area contributed by atoms with Gasteiger partial charge >= 0.3 is 0 Å². The Morgan fingerprint density at radius 3 is 2.31 bits per heavy atom. The van der Waals surface area contributed by atoms with E-state index in [1.165, 1.54) is 30.5 Å². The second kappa shape index (κ2) is 11.9. The molecule has 2 aromatic rings. The predicted octanol–water partition coefficient (Wildman–Crippen LogP) is 2.22. The lowest BCUT2D eigenvalue weighted by atomic mass is 10.2. The molecule has 0 spiro atoms. The van der Waals surface area contributed by atoms with E-state index in [4.69, 9.17) is 9.47 Å². The summed E-state index contributed by atoms with van der Waals surface area (Å²) >= 11 is 0. The number of carbonyl (C=O) groups is 1. The molecule has 2 aromatic carbocycles. The first kappa shape index (κ1) is 27.8. The van der Waals surface area contributed by atoms with Crippen LogP contribution in [0.3, 0.4) is 0 Å². The van der Waals surface area contributed by atoms with Crippen molar-refractivity contribution in [3.05, 3.63) is 48.5 Å². The van der Waals surface area contributed by atoms with Gasteiger partial charge < -0.3 is 14.8 Å². The Kier molecular flexibility index (Phi) is 9.20. The normalized spacial score (nSPS) is 15.6. The van der Waals surface area contributed by atoms with Gasteiger partial charge in [0.15, 0.2) is 0 Å². The molecule has 0 unspecified atom stereocenters. The van der Waals surface area contributed by atoms with Crippen molar-refractivity contribution in [1.29, 1.82) is 0 Å². The number of hydrogen-bond donors (Lipinski definition) is 1. The van der Waals surface area contributed by atoms with Gasteiger partial charge in [0.05, 0.1) is 30.5 Å². The van der Waals surface area contributed by atoms with E-state index in [1.54, 1.807) is 36.4 Å². The lowest BCUT2D eigenvalue weighted by molar-refractivity contribution is -0.121. The van der Waals surface area contributed by atoms with E-state index in [2.05, 4.69) is 5.32 Å². The Balaban J connectivity index is 1.55. The van der Waals surface area contributed by atoms with Crippen LogP contribution in [0.2, 0.25) is 0 Å². The second-order valence-electron chi connectivity index (χ2n) is 8.51. The third-order valence-electron chi connectivity index (χ3n) is 5.84. The highest BCUT2D eigenvalue weighted by Gasteiger charge is 2.29. The van der Waals surface area contributed by atoms with Gasteiger partial charge in [0.1, 0.15) is 24.1 Å². The van der Waals surface area contributed by atoms with Gasteiger partial charge in [-0.2, -0.15) is 4.31 Å². The zero-order chi connectivity index (χ0) is 26.3. The Hall–Kier alpha value is -2.83. The number of carbonyl (C=O) groups excluding carboxylic acids is 1. The van der Waals surface area contributed by atoms with Crippen LogP contribution in [0.25, 0.3) is 0 Å². The quantitative estimate of drug-likeness (QED) is 0.435. The molecule has 198 valence electrons. The molecule has 1 aliphatic heterocycles. The predicted molar refractivity (Wildman–Crippen MR) is 137 cm³/mol. The highest BCUT2D eigenvalue weighted by molar-refractivity contribution is 7.92. The minimum absolute atomic E-state index is 0.120. The van der Waals surface area contributed by atoms with Gasteiger partial charge in [-0.3, -0.25) is 9.10 Å². The summed E-state index contributed by atoms with van der Waals surface area (Å²) in [6.07, 6.45) is 3.81. The number of anilines is 1. The first-order valence-corrected chi connectivity index (χ1v) is 15.0. The molecule has 1 amide bonds. The largest absolute Gasteiger partial charge is 0.497 e. The number of rotatable bonds is 11. The number of nitrogens with zero attached hydrogens (tertiary/aromatic N) is 2. The molecule has 10 nitrogen and oxygen atoms in total. The van der Waals surface area contributed by atoms with Crippen molar-refractivity contribution in [3.63, 3.8) is 0 Å². The van der Waals surface area contributed by atoms with Crippen LogP contribution in [-0.2, 0) is 24.8 Å². The minimum atomic E-state index is -3.75. The van der Waals surface area contributed by atoms with Crippen molar-refractivity contribution in [2.75, 3.05) is 43.9 Å². The molecule has 0 aromatic heterocycles. The van der Waals surface area contributed by atoms with Gasteiger partial charge in [0, 0.05) is 19.2 Å². The van der Waals surface area contributed by atoms with E-state index < -0.39 is 32.0 Å². The average Bonchev–Trinajstić information content (AvgIpc) is 2.86. The maximum absolute atomic E-state index is 12.7. The molecule has 36 heavy (non-hydrogen) atoms. The molecule has 1 N–H and O–H groups in total. The molecule has 1 saturated heterocycles. The summed E-state index contributed by atoms with van der Waals surface area (Å²) in [4.78, 5) is 12.9. The highest BCUT2D eigenvalue weighted by Crippen LogP contribution is 2.25. The van der Waals surface area contributed by atoms with E-state index in [0.29, 0.717) is 30.3 Å². The molecule has 0 bridgehead atoms. The average molecular weight is 540 g/mol. The molecular formula is C24H33N3O7S2. The zero-order valence-corrected chi connectivity index (χ0v) is 22.3. The summed E-state index contributed by atoms with van der Waals surface area (Å²) in [5, 5.41) is 2.68. The highest BCUT2D eigenvalue weighted by atomic mass is 32.2. The number of amides is 1. The molecule has 0 radical (unpaired) electrons. The summed E-state index contributed by atoms with van der Waals surface area (Å²) in [6, 6.07) is 11.6. The number of piperidine rings is 1. The number of benzene rings is 2. The lowest BCUT2D eigenvalue weighted by Gasteiger charge is -2.28. The third-order valence-corrected chi connectivity index (χ3v) is 9.00. The maximum atomic E-state index is 12.7. The van der Waals surface area contributed by atoms with Crippen molar-refractivity contribution in [2.45, 2.75) is 37.1 Å². The third kappa shape index (κ3) is 6.89. The van der Waals surface area contributed by atoms with Crippen LogP contribution in [0.1, 0.15) is 26.2 Å². The number of sulfonamides is 2. The second-order valence-corrected chi connectivity index (χ2v) is 12.3. The summed E-state index contributed by atoms with van der Waals surface area (Å²) in [7, 11) is -5.79.